The zero-order valence-electron chi connectivity index (χ0n) is 12.1. The molecule has 1 heterocycles. The highest BCUT2D eigenvalue weighted by atomic mass is 16.2. The maximum Gasteiger partial charge on any atom is 0.317 e. The molecule has 112 valence electrons. The van der Waals surface area contributed by atoms with Gasteiger partial charge in [0.1, 0.15) is 0 Å². The van der Waals surface area contributed by atoms with Crippen LogP contribution in [0.15, 0.2) is 0 Å². The maximum atomic E-state index is 12.1. The van der Waals surface area contributed by atoms with Crippen LogP contribution >= 0.6 is 0 Å². The molecule has 0 bridgehead atoms. The van der Waals surface area contributed by atoms with Crippen LogP contribution < -0.4 is 10.6 Å². The standard InChI is InChI=1S/C15H25N3O2/c19-14(11-5-6-11)16-13-7-9-18(10-8-13)15(20)17-12-3-1-2-4-12/h11-13H,1-10H2,(H,16,19)(H,17,20). The van der Waals surface area contributed by atoms with Gasteiger partial charge < -0.3 is 15.5 Å². The summed E-state index contributed by atoms with van der Waals surface area (Å²) < 4.78 is 0. The molecule has 1 saturated heterocycles. The van der Waals surface area contributed by atoms with Crippen molar-refractivity contribution >= 4 is 11.9 Å². The average molecular weight is 279 g/mol. The molecule has 3 rings (SSSR count). The van der Waals surface area contributed by atoms with E-state index in [4.69, 9.17) is 0 Å². The maximum absolute atomic E-state index is 12.1. The second kappa shape index (κ2) is 6.02. The molecule has 0 aromatic carbocycles. The van der Waals surface area contributed by atoms with Gasteiger partial charge in [-0.15, -0.1) is 0 Å². The molecule has 20 heavy (non-hydrogen) atoms. The van der Waals surface area contributed by atoms with E-state index >= 15 is 0 Å². The number of amides is 3. The average Bonchev–Trinajstić information content (AvgIpc) is 3.19. The molecule has 2 saturated carbocycles. The fraction of sp³-hybridized carbons (Fsp3) is 0.867. The van der Waals surface area contributed by atoms with E-state index in [9.17, 15) is 9.59 Å². The Morgan fingerprint density at radius 1 is 0.800 bits per heavy atom. The van der Waals surface area contributed by atoms with Crippen LogP contribution in [0.5, 0.6) is 0 Å². The highest BCUT2D eigenvalue weighted by Crippen LogP contribution is 2.29. The molecular formula is C15H25N3O2. The van der Waals surface area contributed by atoms with E-state index in [0.29, 0.717) is 6.04 Å². The van der Waals surface area contributed by atoms with Gasteiger partial charge in [-0.25, -0.2) is 4.79 Å². The van der Waals surface area contributed by atoms with Crippen molar-refractivity contribution in [2.75, 3.05) is 13.1 Å². The number of hydrogen-bond donors (Lipinski definition) is 2. The Morgan fingerprint density at radius 2 is 1.40 bits per heavy atom. The van der Waals surface area contributed by atoms with Crippen molar-refractivity contribution in [1.29, 1.82) is 0 Å². The molecular weight excluding hydrogens is 254 g/mol. The molecule has 5 heteroatoms. The minimum Gasteiger partial charge on any atom is -0.353 e. The lowest BCUT2D eigenvalue weighted by Gasteiger charge is -2.33. The van der Waals surface area contributed by atoms with E-state index in [-0.39, 0.29) is 23.9 Å². The molecule has 0 atom stereocenters. The van der Waals surface area contributed by atoms with E-state index in [1.807, 2.05) is 4.90 Å². The van der Waals surface area contributed by atoms with Crippen molar-refractivity contribution in [3.05, 3.63) is 0 Å². The summed E-state index contributed by atoms with van der Waals surface area (Å²) in [6.07, 6.45) is 8.59. The SMILES string of the molecule is O=C(NC1CCN(C(=O)NC2CCCC2)CC1)C1CC1. The quantitative estimate of drug-likeness (QED) is 0.825. The molecule has 0 aromatic rings. The lowest BCUT2D eigenvalue weighted by molar-refractivity contribution is -0.123. The monoisotopic (exact) mass is 279 g/mol. The third kappa shape index (κ3) is 3.44. The Balaban J connectivity index is 1.38. The molecule has 3 aliphatic rings. The molecule has 2 aliphatic carbocycles. The van der Waals surface area contributed by atoms with E-state index in [2.05, 4.69) is 10.6 Å². The van der Waals surface area contributed by atoms with Crippen molar-refractivity contribution in [3.63, 3.8) is 0 Å². The van der Waals surface area contributed by atoms with Gasteiger partial charge in [-0.05, 0) is 38.5 Å². The number of hydrogen-bond acceptors (Lipinski definition) is 2. The third-order valence-corrected chi connectivity index (χ3v) is 4.76. The molecule has 5 nitrogen and oxygen atoms in total. The summed E-state index contributed by atoms with van der Waals surface area (Å²) >= 11 is 0. The van der Waals surface area contributed by atoms with Gasteiger partial charge in [-0.3, -0.25) is 4.79 Å². The first-order valence-corrected chi connectivity index (χ1v) is 8.08. The topological polar surface area (TPSA) is 61.4 Å². The minimum atomic E-state index is 0.0869. The molecule has 0 radical (unpaired) electrons. The Morgan fingerprint density at radius 3 is 2.00 bits per heavy atom. The molecule has 0 aromatic heterocycles. The minimum absolute atomic E-state index is 0.0869. The van der Waals surface area contributed by atoms with Crippen molar-refractivity contribution in [3.8, 4) is 0 Å². The molecule has 2 N–H and O–H groups in total. The fourth-order valence-corrected chi connectivity index (χ4v) is 3.23. The van der Waals surface area contributed by atoms with Crippen LogP contribution in [0.25, 0.3) is 0 Å². The first-order chi connectivity index (χ1) is 9.72. The van der Waals surface area contributed by atoms with Gasteiger partial charge in [-0.2, -0.15) is 0 Å². The van der Waals surface area contributed by atoms with Crippen molar-refractivity contribution in [2.45, 2.75) is 63.5 Å². The zero-order valence-corrected chi connectivity index (χ0v) is 12.1. The summed E-state index contributed by atoms with van der Waals surface area (Å²) in [6.45, 7) is 1.52. The summed E-state index contributed by atoms with van der Waals surface area (Å²) in [5.41, 5.74) is 0. The Hall–Kier alpha value is -1.26. The third-order valence-electron chi connectivity index (χ3n) is 4.76. The number of piperidine rings is 1. The van der Waals surface area contributed by atoms with Gasteiger partial charge in [0.05, 0.1) is 0 Å². The van der Waals surface area contributed by atoms with Gasteiger partial charge in [0.15, 0.2) is 0 Å². The summed E-state index contributed by atoms with van der Waals surface area (Å²) in [6, 6.07) is 0.734. The highest BCUT2D eigenvalue weighted by molar-refractivity contribution is 5.81. The number of nitrogens with one attached hydrogen (secondary N) is 2. The number of likely N-dealkylation sites (tertiary alicyclic amines) is 1. The second-order valence-electron chi connectivity index (χ2n) is 6.48. The van der Waals surface area contributed by atoms with Crippen molar-refractivity contribution in [1.82, 2.24) is 15.5 Å². The van der Waals surface area contributed by atoms with E-state index in [1.54, 1.807) is 0 Å². The molecule has 0 unspecified atom stereocenters. The van der Waals surface area contributed by atoms with Gasteiger partial charge >= 0.3 is 6.03 Å². The predicted molar refractivity (Wildman–Crippen MR) is 76.2 cm³/mol. The molecule has 3 amide bonds. The fourth-order valence-electron chi connectivity index (χ4n) is 3.23. The van der Waals surface area contributed by atoms with Crippen LogP contribution in [-0.2, 0) is 4.79 Å². The first-order valence-electron chi connectivity index (χ1n) is 8.08. The van der Waals surface area contributed by atoms with Gasteiger partial charge in [0.25, 0.3) is 0 Å². The van der Waals surface area contributed by atoms with Crippen LogP contribution in [0.2, 0.25) is 0 Å². The van der Waals surface area contributed by atoms with E-state index in [1.165, 1.54) is 12.8 Å². The van der Waals surface area contributed by atoms with Crippen molar-refractivity contribution < 1.29 is 9.59 Å². The smallest absolute Gasteiger partial charge is 0.317 e. The molecule has 3 fully saturated rings. The lowest BCUT2D eigenvalue weighted by atomic mass is 10.0. The summed E-state index contributed by atoms with van der Waals surface area (Å²) in [7, 11) is 0. The normalized spacial score (nSPS) is 24.7. The van der Waals surface area contributed by atoms with Crippen LogP contribution in [0.1, 0.15) is 51.4 Å². The predicted octanol–water partition coefficient (Wildman–Crippen LogP) is 1.63. The Kier molecular flexibility index (Phi) is 4.13. The summed E-state index contributed by atoms with van der Waals surface area (Å²) in [5, 5.41) is 6.25. The van der Waals surface area contributed by atoms with E-state index < -0.39 is 0 Å². The zero-order chi connectivity index (χ0) is 13.9. The summed E-state index contributed by atoms with van der Waals surface area (Å²) in [4.78, 5) is 25.7. The number of carbonyl (C=O) groups is 2. The number of nitrogens with zero attached hydrogens (tertiary/aromatic N) is 1. The number of rotatable bonds is 3. The van der Waals surface area contributed by atoms with Gasteiger partial charge in [0, 0.05) is 31.1 Å². The Bertz CT molecular complexity index is 367. The highest BCUT2D eigenvalue weighted by Gasteiger charge is 2.32. The summed E-state index contributed by atoms with van der Waals surface area (Å²) in [5.74, 6) is 0.498. The van der Waals surface area contributed by atoms with Gasteiger partial charge in [-0.1, -0.05) is 12.8 Å². The van der Waals surface area contributed by atoms with Crippen LogP contribution in [0.3, 0.4) is 0 Å². The lowest BCUT2D eigenvalue weighted by Crippen LogP contribution is -2.51. The van der Waals surface area contributed by atoms with Crippen LogP contribution in [0, 0.1) is 5.92 Å². The number of urea groups is 1. The second-order valence-corrected chi connectivity index (χ2v) is 6.48. The molecule has 0 spiro atoms. The van der Waals surface area contributed by atoms with Gasteiger partial charge in [0.2, 0.25) is 5.91 Å². The van der Waals surface area contributed by atoms with Crippen LogP contribution in [0.4, 0.5) is 4.79 Å². The first kappa shape index (κ1) is 13.7. The van der Waals surface area contributed by atoms with Crippen molar-refractivity contribution in [2.24, 2.45) is 5.92 Å². The van der Waals surface area contributed by atoms with E-state index in [0.717, 1.165) is 51.6 Å². The Labute approximate surface area is 120 Å². The largest absolute Gasteiger partial charge is 0.353 e. The molecule has 1 aliphatic heterocycles. The number of carbonyl (C=O) groups excluding carboxylic acids is 2. The van der Waals surface area contributed by atoms with Crippen LogP contribution in [-0.4, -0.2) is 42.0 Å².